The molecule has 0 radical (unpaired) electrons. The van der Waals surface area contributed by atoms with Crippen LogP contribution in [0.25, 0.3) is 0 Å². The lowest BCUT2D eigenvalue weighted by atomic mass is 10.1. The summed E-state index contributed by atoms with van der Waals surface area (Å²) in [6.07, 6.45) is 6.29. The van der Waals surface area contributed by atoms with E-state index in [1.165, 1.54) is 6.07 Å². The Balaban J connectivity index is 1.67. The summed E-state index contributed by atoms with van der Waals surface area (Å²) < 4.78 is 5.78. The van der Waals surface area contributed by atoms with Crippen molar-refractivity contribution >= 4 is 17.1 Å². The van der Waals surface area contributed by atoms with Gasteiger partial charge in [0, 0.05) is 50.1 Å². The molecule has 23 heavy (non-hydrogen) atoms. The van der Waals surface area contributed by atoms with Gasteiger partial charge in [0.1, 0.15) is 11.8 Å². The second-order valence-corrected chi connectivity index (χ2v) is 5.35. The summed E-state index contributed by atoms with van der Waals surface area (Å²) in [5.41, 5.74) is 6.93. The quantitative estimate of drug-likeness (QED) is 0.522. The molecule has 1 aromatic carbocycles. The summed E-state index contributed by atoms with van der Waals surface area (Å²) in [5.74, 6) is 0.501. The third kappa shape index (κ3) is 3.47. The number of hydrogen-bond acceptors (Lipinski definition) is 7. The average molecular weight is 315 g/mol. The fraction of sp³-hybridized carbons (Fsp3) is 0.333. The molecule has 2 aromatic rings. The number of nitro groups is 1. The van der Waals surface area contributed by atoms with Gasteiger partial charge in [-0.15, -0.1) is 0 Å². The van der Waals surface area contributed by atoms with E-state index in [1.807, 2.05) is 4.90 Å². The molecule has 1 aliphatic rings. The summed E-state index contributed by atoms with van der Waals surface area (Å²) >= 11 is 0. The van der Waals surface area contributed by atoms with Crippen LogP contribution in [-0.2, 0) is 0 Å². The molecule has 1 aromatic heterocycles. The summed E-state index contributed by atoms with van der Waals surface area (Å²) in [4.78, 5) is 20.8. The van der Waals surface area contributed by atoms with Gasteiger partial charge in [0.05, 0.1) is 11.1 Å². The van der Waals surface area contributed by atoms with Crippen molar-refractivity contribution in [1.82, 2.24) is 9.97 Å². The van der Waals surface area contributed by atoms with E-state index in [0.29, 0.717) is 30.3 Å². The predicted octanol–water partition coefficient (Wildman–Crippen LogP) is 2.01. The zero-order valence-electron chi connectivity index (χ0n) is 12.5. The Hall–Kier alpha value is -2.90. The molecule has 0 spiro atoms. The minimum atomic E-state index is -0.378. The Morgan fingerprint density at radius 1 is 1.30 bits per heavy atom. The molecule has 2 heterocycles. The molecule has 1 saturated heterocycles. The maximum atomic E-state index is 11.2. The zero-order valence-corrected chi connectivity index (χ0v) is 12.5. The Labute approximate surface area is 133 Å². The third-order valence-corrected chi connectivity index (χ3v) is 3.81. The first-order valence-electron chi connectivity index (χ1n) is 7.35. The van der Waals surface area contributed by atoms with Gasteiger partial charge in [-0.1, -0.05) is 0 Å². The minimum Gasteiger partial charge on any atom is -0.473 e. The number of nitrogens with two attached hydrogens (primary N) is 1. The molecule has 120 valence electrons. The lowest BCUT2D eigenvalue weighted by Gasteiger charge is -2.33. The van der Waals surface area contributed by atoms with Crippen molar-refractivity contribution in [1.29, 1.82) is 0 Å². The van der Waals surface area contributed by atoms with Gasteiger partial charge in [-0.3, -0.25) is 15.1 Å². The summed E-state index contributed by atoms with van der Waals surface area (Å²) in [7, 11) is 0. The summed E-state index contributed by atoms with van der Waals surface area (Å²) in [6.45, 7) is 1.32. The van der Waals surface area contributed by atoms with Crippen LogP contribution in [0.1, 0.15) is 12.8 Å². The number of rotatable bonds is 4. The van der Waals surface area contributed by atoms with Crippen molar-refractivity contribution in [2.24, 2.45) is 0 Å². The van der Waals surface area contributed by atoms with Crippen LogP contribution in [0.5, 0.6) is 5.88 Å². The molecule has 0 aliphatic carbocycles. The van der Waals surface area contributed by atoms with Gasteiger partial charge >= 0.3 is 0 Å². The average Bonchev–Trinajstić information content (AvgIpc) is 2.56. The summed E-state index contributed by atoms with van der Waals surface area (Å²) in [5, 5.41) is 11.2. The maximum absolute atomic E-state index is 11.2. The van der Waals surface area contributed by atoms with Gasteiger partial charge in [-0.25, -0.2) is 4.98 Å². The van der Waals surface area contributed by atoms with E-state index in [1.54, 1.807) is 30.7 Å². The smallest absolute Gasteiger partial charge is 0.292 e. The van der Waals surface area contributed by atoms with Gasteiger partial charge in [0.15, 0.2) is 0 Å². The van der Waals surface area contributed by atoms with Crippen molar-refractivity contribution in [3.8, 4) is 5.88 Å². The Kier molecular flexibility index (Phi) is 4.22. The molecule has 0 atom stereocenters. The van der Waals surface area contributed by atoms with Crippen LogP contribution < -0.4 is 15.4 Å². The van der Waals surface area contributed by atoms with Gasteiger partial charge in [-0.05, 0) is 12.1 Å². The molecule has 0 bridgehead atoms. The summed E-state index contributed by atoms with van der Waals surface area (Å²) in [6, 6.07) is 4.65. The SMILES string of the molecule is Nc1ccc([N+](=O)[O-])c(N2CCC(Oc3cnccn3)CC2)c1. The molecule has 3 rings (SSSR count). The normalized spacial score (nSPS) is 15.4. The van der Waals surface area contributed by atoms with Gasteiger partial charge in [0.2, 0.25) is 5.88 Å². The molecule has 1 aliphatic heterocycles. The molecular formula is C15H17N5O3. The number of piperidine rings is 1. The standard InChI is InChI=1S/C15H17N5O3/c16-11-1-2-13(20(21)22)14(9-11)19-7-3-12(4-8-19)23-15-10-17-5-6-18-15/h1-2,5-6,9-10,12H,3-4,7-8,16H2. The van der Waals surface area contributed by atoms with Crippen LogP contribution >= 0.6 is 0 Å². The van der Waals surface area contributed by atoms with Crippen molar-refractivity contribution in [2.45, 2.75) is 18.9 Å². The monoisotopic (exact) mass is 315 g/mol. The van der Waals surface area contributed by atoms with E-state index >= 15 is 0 Å². The number of nitrogen functional groups attached to an aromatic ring is 1. The van der Waals surface area contributed by atoms with Crippen molar-refractivity contribution in [3.05, 3.63) is 46.9 Å². The Morgan fingerprint density at radius 2 is 2.09 bits per heavy atom. The number of nitro benzene ring substituents is 1. The van der Waals surface area contributed by atoms with Crippen LogP contribution in [0.15, 0.2) is 36.8 Å². The van der Waals surface area contributed by atoms with Gasteiger partial charge < -0.3 is 15.4 Å². The van der Waals surface area contributed by atoms with Gasteiger partial charge in [0.25, 0.3) is 5.69 Å². The van der Waals surface area contributed by atoms with Crippen LogP contribution in [0, 0.1) is 10.1 Å². The molecule has 8 nitrogen and oxygen atoms in total. The molecule has 0 saturated carbocycles. The Morgan fingerprint density at radius 3 is 2.74 bits per heavy atom. The van der Waals surface area contributed by atoms with E-state index in [4.69, 9.17) is 10.5 Å². The first-order chi connectivity index (χ1) is 11.1. The fourth-order valence-corrected chi connectivity index (χ4v) is 2.68. The highest BCUT2D eigenvalue weighted by Crippen LogP contribution is 2.32. The molecule has 0 unspecified atom stereocenters. The van der Waals surface area contributed by atoms with Gasteiger partial charge in [-0.2, -0.15) is 0 Å². The van der Waals surface area contributed by atoms with Crippen molar-refractivity contribution in [3.63, 3.8) is 0 Å². The van der Waals surface area contributed by atoms with E-state index in [0.717, 1.165) is 12.8 Å². The number of ether oxygens (including phenoxy) is 1. The zero-order chi connectivity index (χ0) is 16.2. The molecule has 0 amide bonds. The van der Waals surface area contributed by atoms with Crippen LogP contribution in [0.2, 0.25) is 0 Å². The highest BCUT2D eigenvalue weighted by atomic mass is 16.6. The van der Waals surface area contributed by atoms with E-state index < -0.39 is 0 Å². The highest BCUT2D eigenvalue weighted by Gasteiger charge is 2.26. The number of hydrogen-bond donors (Lipinski definition) is 1. The third-order valence-electron chi connectivity index (χ3n) is 3.81. The topological polar surface area (TPSA) is 107 Å². The molecule has 8 heteroatoms. The minimum absolute atomic E-state index is 0.0306. The van der Waals surface area contributed by atoms with E-state index in [-0.39, 0.29) is 16.7 Å². The van der Waals surface area contributed by atoms with Crippen molar-refractivity contribution in [2.75, 3.05) is 23.7 Å². The second-order valence-electron chi connectivity index (χ2n) is 5.35. The molecule has 2 N–H and O–H groups in total. The van der Waals surface area contributed by atoms with E-state index in [9.17, 15) is 10.1 Å². The first kappa shape index (κ1) is 15.0. The largest absolute Gasteiger partial charge is 0.473 e. The lowest BCUT2D eigenvalue weighted by Crippen LogP contribution is -2.38. The van der Waals surface area contributed by atoms with Crippen molar-refractivity contribution < 1.29 is 9.66 Å². The lowest BCUT2D eigenvalue weighted by molar-refractivity contribution is -0.384. The van der Waals surface area contributed by atoms with Crippen LogP contribution in [0.3, 0.4) is 0 Å². The van der Waals surface area contributed by atoms with Crippen LogP contribution in [-0.4, -0.2) is 34.1 Å². The fourth-order valence-electron chi connectivity index (χ4n) is 2.68. The highest BCUT2D eigenvalue weighted by molar-refractivity contribution is 5.68. The second kappa shape index (κ2) is 6.47. The molecular weight excluding hydrogens is 298 g/mol. The predicted molar refractivity (Wildman–Crippen MR) is 85.4 cm³/mol. The number of benzene rings is 1. The number of aromatic nitrogens is 2. The van der Waals surface area contributed by atoms with Crippen LogP contribution in [0.4, 0.5) is 17.1 Å². The Bertz CT molecular complexity index is 687. The number of anilines is 2. The maximum Gasteiger partial charge on any atom is 0.292 e. The van der Waals surface area contributed by atoms with E-state index in [2.05, 4.69) is 9.97 Å². The first-order valence-corrected chi connectivity index (χ1v) is 7.35. The number of nitrogens with zero attached hydrogens (tertiary/aromatic N) is 4. The molecule has 1 fully saturated rings.